The first kappa shape index (κ1) is 16.5. The molecule has 0 spiro atoms. The first-order valence-corrected chi connectivity index (χ1v) is 9.35. The summed E-state index contributed by atoms with van der Waals surface area (Å²) in [6, 6.07) is 11.9. The van der Waals surface area contributed by atoms with Crippen LogP contribution in [-0.2, 0) is 10.0 Å². The van der Waals surface area contributed by atoms with Crippen LogP contribution >= 0.6 is 0 Å². The van der Waals surface area contributed by atoms with Crippen molar-refractivity contribution in [3.8, 4) is 0 Å². The maximum atomic E-state index is 12.5. The third-order valence-electron chi connectivity index (χ3n) is 4.07. The van der Waals surface area contributed by atoms with Crippen LogP contribution in [0.2, 0.25) is 0 Å². The normalized spacial score (nSPS) is 14.2. The third-order valence-corrected chi connectivity index (χ3v) is 5.45. The molecular formula is C18H20N2O3S. The number of benzene rings is 2. The van der Waals surface area contributed by atoms with E-state index in [0.29, 0.717) is 16.8 Å². The highest BCUT2D eigenvalue weighted by Gasteiger charge is 2.25. The van der Waals surface area contributed by atoms with Crippen molar-refractivity contribution in [1.82, 2.24) is 5.32 Å². The van der Waals surface area contributed by atoms with E-state index >= 15 is 0 Å². The van der Waals surface area contributed by atoms with Crippen LogP contribution in [0.4, 0.5) is 5.69 Å². The lowest BCUT2D eigenvalue weighted by molar-refractivity contribution is 0.0950. The van der Waals surface area contributed by atoms with Crippen LogP contribution in [0.25, 0.3) is 0 Å². The summed E-state index contributed by atoms with van der Waals surface area (Å²) in [5.74, 6) is -0.161. The topological polar surface area (TPSA) is 75.3 Å². The molecule has 1 amide bonds. The molecule has 2 aromatic carbocycles. The lowest BCUT2D eigenvalue weighted by Gasteiger charge is -2.14. The smallest absolute Gasteiger partial charge is 0.261 e. The van der Waals surface area contributed by atoms with E-state index in [1.54, 1.807) is 49.4 Å². The van der Waals surface area contributed by atoms with Gasteiger partial charge >= 0.3 is 0 Å². The fraction of sp³-hybridized carbons (Fsp3) is 0.278. The maximum absolute atomic E-state index is 12.5. The summed E-state index contributed by atoms with van der Waals surface area (Å²) in [5, 5.41) is 2.92. The molecule has 5 nitrogen and oxygen atoms in total. The zero-order valence-electron chi connectivity index (χ0n) is 13.7. The van der Waals surface area contributed by atoms with Gasteiger partial charge in [0.05, 0.1) is 10.6 Å². The van der Waals surface area contributed by atoms with Crippen LogP contribution in [0, 0.1) is 13.8 Å². The second kappa shape index (κ2) is 6.28. The van der Waals surface area contributed by atoms with E-state index in [0.717, 1.165) is 18.4 Å². The van der Waals surface area contributed by atoms with Gasteiger partial charge in [0.15, 0.2) is 0 Å². The quantitative estimate of drug-likeness (QED) is 0.875. The molecule has 0 aliphatic heterocycles. The van der Waals surface area contributed by atoms with Crippen molar-refractivity contribution in [3.05, 3.63) is 59.2 Å². The van der Waals surface area contributed by atoms with E-state index in [2.05, 4.69) is 10.0 Å². The van der Waals surface area contributed by atoms with Gasteiger partial charge in [-0.25, -0.2) is 8.42 Å². The molecule has 1 aliphatic carbocycles. The molecule has 0 bridgehead atoms. The second-order valence-electron chi connectivity index (χ2n) is 6.14. The number of hydrogen-bond acceptors (Lipinski definition) is 3. The Kier molecular flexibility index (Phi) is 4.32. The zero-order chi connectivity index (χ0) is 17.3. The lowest BCUT2D eigenvalue weighted by atomic mass is 10.1. The summed E-state index contributed by atoms with van der Waals surface area (Å²) in [5.41, 5.74) is 2.51. The van der Waals surface area contributed by atoms with Gasteiger partial charge in [0.1, 0.15) is 0 Å². The van der Waals surface area contributed by atoms with Crippen molar-refractivity contribution < 1.29 is 13.2 Å². The van der Waals surface area contributed by atoms with Crippen molar-refractivity contribution in [2.24, 2.45) is 0 Å². The van der Waals surface area contributed by atoms with Crippen molar-refractivity contribution in [2.75, 3.05) is 4.72 Å². The van der Waals surface area contributed by atoms with Gasteiger partial charge in [0, 0.05) is 11.6 Å². The first-order valence-electron chi connectivity index (χ1n) is 7.87. The van der Waals surface area contributed by atoms with Crippen LogP contribution in [0.15, 0.2) is 47.4 Å². The highest BCUT2D eigenvalue weighted by molar-refractivity contribution is 7.92. The van der Waals surface area contributed by atoms with Crippen LogP contribution in [0.1, 0.15) is 34.3 Å². The minimum absolute atomic E-state index is 0.161. The standard InChI is InChI=1S/C18H20N2O3S/c1-12-6-10-15(11-7-12)24(22,23)20-17-5-3-4-16(13(17)2)18(21)19-14-8-9-14/h3-7,10-11,14,20H,8-9H2,1-2H3,(H,19,21). The number of sulfonamides is 1. The lowest BCUT2D eigenvalue weighted by Crippen LogP contribution is -2.26. The van der Waals surface area contributed by atoms with E-state index in [9.17, 15) is 13.2 Å². The van der Waals surface area contributed by atoms with E-state index in [-0.39, 0.29) is 16.8 Å². The molecule has 1 fully saturated rings. The Morgan fingerprint density at radius 3 is 2.33 bits per heavy atom. The number of anilines is 1. The van der Waals surface area contributed by atoms with E-state index in [4.69, 9.17) is 0 Å². The Morgan fingerprint density at radius 2 is 1.71 bits per heavy atom. The molecule has 0 radical (unpaired) electrons. The summed E-state index contributed by atoms with van der Waals surface area (Å²) in [4.78, 5) is 12.4. The fourth-order valence-corrected chi connectivity index (χ4v) is 3.53. The summed E-state index contributed by atoms with van der Waals surface area (Å²) in [6.45, 7) is 3.64. The summed E-state index contributed by atoms with van der Waals surface area (Å²) >= 11 is 0. The molecule has 1 saturated carbocycles. The predicted octanol–water partition coefficient (Wildman–Crippen LogP) is 3.00. The molecule has 0 atom stereocenters. The van der Waals surface area contributed by atoms with Crippen LogP contribution in [0.5, 0.6) is 0 Å². The number of carbonyl (C=O) groups is 1. The molecule has 0 saturated heterocycles. The molecular weight excluding hydrogens is 324 g/mol. The number of hydrogen-bond donors (Lipinski definition) is 2. The highest BCUT2D eigenvalue weighted by Crippen LogP contribution is 2.24. The monoisotopic (exact) mass is 344 g/mol. The highest BCUT2D eigenvalue weighted by atomic mass is 32.2. The van der Waals surface area contributed by atoms with Crippen molar-refractivity contribution >= 4 is 21.6 Å². The molecule has 2 N–H and O–H groups in total. The Hall–Kier alpha value is -2.34. The van der Waals surface area contributed by atoms with E-state index in [1.807, 2.05) is 6.92 Å². The molecule has 0 heterocycles. The number of aryl methyl sites for hydroxylation is 1. The molecule has 6 heteroatoms. The Labute approximate surface area is 142 Å². The Bertz CT molecular complexity index is 870. The minimum atomic E-state index is -3.69. The van der Waals surface area contributed by atoms with Crippen molar-refractivity contribution in [1.29, 1.82) is 0 Å². The van der Waals surface area contributed by atoms with E-state index in [1.165, 1.54) is 0 Å². The van der Waals surface area contributed by atoms with Crippen LogP contribution in [0.3, 0.4) is 0 Å². The molecule has 3 rings (SSSR count). The Balaban J connectivity index is 1.86. The summed E-state index contributed by atoms with van der Waals surface area (Å²) in [6.07, 6.45) is 2.01. The van der Waals surface area contributed by atoms with Crippen molar-refractivity contribution in [2.45, 2.75) is 37.6 Å². The third kappa shape index (κ3) is 3.59. The average molecular weight is 344 g/mol. The van der Waals surface area contributed by atoms with Gasteiger partial charge in [-0.15, -0.1) is 0 Å². The van der Waals surface area contributed by atoms with Gasteiger partial charge in [-0.3, -0.25) is 9.52 Å². The molecule has 0 aromatic heterocycles. The van der Waals surface area contributed by atoms with Crippen molar-refractivity contribution in [3.63, 3.8) is 0 Å². The average Bonchev–Trinajstić information content (AvgIpc) is 3.33. The van der Waals surface area contributed by atoms with Gasteiger partial charge in [0.25, 0.3) is 15.9 Å². The number of rotatable bonds is 5. The van der Waals surface area contributed by atoms with Gasteiger partial charge in [-0.1, -0.05) is 23.8 Å². The molecule has 0 unspecified atom stereocenters. The first-order chi connectivity index (χ1) is 11.4. The summed E-state index contributed by atoms with van der Waals surface area (Å²) < 4.78 is 27.6. The number of carbonyl (C=O) groups excluding carboxylic acids is 1. The second-order valence-corrected chi connectivity index (χ2v) is 7.83. The SMILES string of the molecule is Cc1ccc(S(=O)(=O)Nc2cccc(C(=O)NC3CC3)c2C)cc1. The summed E-state index contributed by atoms with van der Waals surface area (Å²) in [7, 11) is -3.69. The largest absolute Gasteiger partial charge is 0.349 e. The maximum Gasteiger partial charge on any atom is 0.261 e. The number of amides is 1. The zero-order valence-corrected chi connectivity index (χ0v) is 14.5. The molecule has 1 aliphatic rings. The number of nitrogens with one attached hydrogen (secondary N) is 2. The van der Waals surface area contributed by atoms with E-state index < -0.39 is 10.0 Å². The molecule has 24 heavy (non-hydrogen) atoms. The van der Waals surface area contributed by atoms with Crippen LogP contribution < -0.4 is 10.0 Å². The molecule has 2 aromatic rings. The predicted molar refractivity (Wildman–Crippen MR) is 93.7 cm³/mol. The van der Waals surface area contributed by atoms with Gasteiger partial charge in [-0.2, -0.15) is 0 Å². The fourth-order valence-electron chi connectivity index (χ4n) is 2.40. The van der Waals surface area contributed by atoms with Gasteiger partial charge in [0.2, 0.25) is 0 Å². The minimum Gasteiger partial charge on any atom is -0.349 e. The van der Waals surface area contributed by atoms with Crippen LogP contribution in [-0.4, -0.2) is 20.4 Å². The van der Waals surface area contributed by atoms with Gasteiger partial charge in [-0.05, 0) is 56.5 Å². The van der Waals surface area contributed by atoms with Gasteiger partial charge < -0.3 is 5.32 Å². The molecule has 126 valence electrons. The Morgan fingerprint density at radius 1 is 1.04 bits per heavy atom.